The first-order chi connectivity index (χ1) is 12.1. The third-order valence-electron chi connectivity index (χ3n) is 4.23. The van der Waals surface area contributed by atoms with Crippen LogP contribution in [0.4, 0.5) is 5.69 Å². The number of hydrogen-bond acceptors (Lipinski definition) is 5. The van der Waals surface area contributed by atoms with Gasteiger partial charge < -0.3 is 4.90 Å². The van der Waals surface area contributed by atoms with Crippen LogP contribution in [-0.4, -0.2) is 21.6 Å². The van der Waals surface area contributed by atoms with Gasteiger partial charge >= 0.3 is 0 Å². The molecule has 25 heavy (non-hydrogen) atoms. The molecule has 0 atom stereocenters. The summed E-state index contributed by atoms with van der Waals surface area (Å²) in [5, 5.41) is 0.887. The molecule has 0 aliphatic heterocycles. The van der Waals surface area contributed by atoms with Gasteiger partial charge in [0.2, 0.25) is 0 Å². The van der Waals surface area contributed by atoms with E-state index < -0.39 is 0 Å². The summed E-state index contributed by atoms with van der Waals surface area (Å²) in [5.41, 5.74) is 3.49. The largest absolute Gasteiger partial charge is 0.351 e. The van der Waals surface area contributed by atoms with Crippen molar-refractivity contribution in [2.75, 3.05) is 11.9 Å². The molecule has 0 bridgehead atoms. The van der Waals surface area contributed by atoms with Gasteiger partial charge in [0.25, 0.3) is 5.56 Å². The minimum absolute atomic E-state index is 0.0796. The molecule has 0 saturated heterocycles. The number of fused-ring (bicyclic) bond motifs is 3. The van der Waals surface area contributed by atoms with Gasteiger partial charge in [0.1, 0.15) is 21.4 Å². The maximum atomic E-state index is 13.0. The lowest BCUT2D eigenvalue weighted by Crippen LogP contribution is -2.17. The molecule has 0 unspecified atom stereocenters. The molecule has 124 valence electrons. The number of nitrogens with zero attached hydrogens (tertiary/aromatic N) is 4. The molecule has 1 aromatic carbocycles. The molecule has 6 heteroatoms. The van der Waals surface area contributed by atoms with Crippen LogP contribution in [0.15, 0.2) is 60.4 Å². The predicted octanol–water partition coefficient (Wildman–Crippen LogP) is 3.88. The lowest BCUT2D eigenvalue weighted by Gasteiger charge is -2.14. The molecule has 0 fully saturated rings. The Morgan fingerprint density at radius 1 is 1.20 bits per heavy atom. The van der Waals surface area contributed by atoms with Crippen LogP contribution in [0.3, 0.4) is 0 Å². The Morgan fingerprint density at radius 3 is 2.68 bits per heavy atom. The normalized spacial score (nSPS) is 11.1. The number of aromatic nitrogens is 3. The SMILES string of the molecule is C=CN(C)c1ccnc2sc3c(=O)n(-c4ccc(C)cc4)cnc3c12. The number of rotatable bonds is 3. The summed E-state index contributed by atoms with van der Waals surface area (Å²) in [6, 6.07) is 9.72. The van der Waals surface area contributed by atoms with Gasteiger partial charge in [-0.1, -0.05) is 24.3 Å². The number of anilines is 1. The van der Waals surface area contributed by atoms with Crippen molar-refractivity contribution in [3.63, 3.8) is 0 Å². The summed E-state index contributed by atoms with van der Waals surface area (Å²) < 4.78 is 2.18. The molecule has 3 heterocycles. The standard InChI is InChI=1S/C19H16N4OS/c1-4-22(3)14-9-10-20-18-15(14)16-17(25-18)19(24)23(11-21-16)13-7-5-12(2)6-8-13/h4-11H,1H2,2-3H3. The Labute approximate surface area is 148 Å². The van der Waals surface area contributed by atoms with Crippen LogP contribution in [-0.2, 0) is 0 Å². The van der Waals surface area contributed by atoms with E-state index in [-0.39, 0.29) is 5.56 Å². The van der Waals surface area contributed by atoms with Crippen molar-refractivity contribution in [3.05, 3.63) is 71.6 Å². The first-order valence-corrected chi connectivity index (χ1v) is 8.63. The van der Waals surface area contributed by atoms with Crippen LogP contribution >= 0.6 is 11.3 Å². The predicted molar refractivity (Wildman–Crippen MR) is 104 cm³/mol. The maximum absolute atomic E-state index is 13.0. The summed E-state index contributed by atoms with van der Waals surface area (Å²) in [6.45, 7) is 5.83. The van der Waals surface area contributed by atoms with Crippen molar-refractivity contribution in [2.45, 2.75) is 6.92 Å². The lowest BCUT2D eigenvalue weighted by atomic mass is 10.2. The van der Waals surface area contributed by atoms with E-state index in [0.29, 0.717) is 10.2 Å². The van der Waals surface area contributed by atoms with E-state index in [1.54, 1.807) is 23.3 Å². The second-order valence-electron chi connectivity index (χ2n) is 5.84. The molecule has 0 saturated carbocycles. The highest BCUT2D eigenvalue weighted by atomic mass is 32.1. The van der Waals surface area contributed by atoms with E-state index in [0.717, 1.165) is 27.2 Å². The second kappa shape index (κ2) is 5.82. The van der Waals surface area contributed by atoms with Gasteiger partial charge in [-0.15, -0.1) is 11.3 Å². The summed E-state index contributed by atoms with van der Waals surface area (Å²) in [6.07, 6.45) is 5.06. The quantitative estimate of drug-likeness (QED) is 0.564. The van der Waals surface area contributed by atoms with Gasteiger partial charge in [-0.05, 0) is 31.3 Å². The van der Waals surface area contributed by atoms with E-state index in [2.05, 4.69) is 16.5 Å². The zero-order valence-electron chi connectivity index (χ0n) is 13.9. The third-order valence-corrected chi connectivity index (χ3v) is 5.30. The topological polar surface area (TPSA) is 51.0 Å². The van der Waals surface area contributed by atoms with Crippen LogP contribution in [0.2, 0.25) is 0 Å². The van der Waals surface area contributed by atoms with Gasteiger partial charge in [-0.3, -0.25) is 9.36 Å². The first-order valence-electron chi connectivity index (χ1n) is 7.81. The fourth-order valence-electron chi connectivity index (χ4n) is 2.82. The van der Waals surface area contributed by atoms with E-state index in [9.17, 15) is 4.79 Å². The van der Waals surface area contributed by atoms with Gasteiger partial charge in [0, 0.05) is 13.2 Å². The Kier molecular flexibility index (Phi) is 3.62. The first kappa shape index (κ1) is 15.5. The molecular weight excluding hydrogens is 332 g/mol. The number of hydrogen-bond donors (Lipinski definition) is 0. The van der Waals surface area contributed by atoms with Crippen molar-refractivity contribution in [3.8, 4) is 5.69 Å². The van der Waals surface area contributed by atoms with Crippen LogP contribution in [0.1, 0.15) is 5.56 Å². The van der Waals surface area contributed by atoms with Crippen LogP contribution in [0.5, 0.6) is 0 Å². The van der Waals surface area contributed by atoms with Crippen molar-refractivity contribution in [1.82, 2.24) is 14.5 Å². The zero-order chi connectivity index (χ0) is 17.6. The highest BCUT2D eigenvalue weighted by Crippen LogP contribution is 2.35. The highest BCUT2D eigenvalue weighted by Gasteiger charge is 2.17. The number of aryl methyl sites for hydroxylation is 1. The molecule has 0 amide bonds. The fraction of sp³-hybridized carbons (Fsp3) is 0.105. The van der Waals surface area contributed by atoms with Gasteiger partial charge in [0.05, 0.1) is 16.8 Å². The Bertz CT molecular complexity index is 1160. The van der Waals surface area contributed by atoms with Gasteiger partial charge in [0.15, 0.2) is 0 Å². The van der Waals surface area contributed by atoms with Gasteiger partial charge in [-0.25, -0.2) is 9.97 Å². The molecule has 4 aromatic rings. The summed E-state index contributed by atoms with van der Waals surface area (Å²) in [5.74, 6) is 0. The summed E-state index contributed by atoms with van der Waals surface area (Å²) >= 11 is 1.37. The zero-order valence-corrected chi connectivity index (χ0v) is 14.7. The van der Waals surface area contributed by atoms with E-state index in [1.807, 2.05) is 49.2 Å². The van der Waals surface area contributed by atoms with Crippen molar-refractivity contribution < 1.29 is 0 Å². The molecule has 4 rings (SSSR count). The molecule has 3 aromatic heterocycles. The summed E-state index contributed by atoms with van der Waals surface area (Å²) in [4.78, 5) is 24.7. The van der Waals surface area contributed by atoms with Crippen molar-refractivity contribution >= 4 is 37.5 Å². The molecular formula is C19H16N4OS. The molecule has 0 radical (unpaired) electrons. The number of pyridine rings is 1. The van der Waals surface area contributed by atoms with Crippen LogP contribution in [0.25, 0.3) is 26.1 Å². The molecule has 0 aliphatic carbocycles. The highest BCUT2D eigenvalue weighted by molar-refractivity contribution is 7.25. The van der Waals surface area contributed by atoms with Gasteiger partial charge in [-0.2, -0.15) is 0 Å². The Morgan fingerprint density at radius 2 is 1.96 bits per heavy atom. The van der Waals surface area contributed by atoms with Crippen molar-refractivity contribution in [1.29, 1.82) is 0 Å². The second-order valence-corrected chi connectivity index (χ2v) is 6.84. The fourth-order valence-corrected chi connectivity index (χ4v) is 3.87. The third kappa shape index (κ3) is 2.42. The number of benzene rings is 1. The van der Waals surface area contributed by atoms with Crippen molar-refractivity contribution in [2.24, 2.45) is 0 Å². The molecule has 0 N–H and O–H groups in total. The van der Waals surface area contributed by atoms with E-state index in [1.165, 1.54) is 11.3 Å². The van der Waals surface area contributed by atoms with Crippen LogP contribution in [0, 0.1) is 6.92 Å². The maximum Gasteiger partial charge on any atom is 0.275 e. The molecule has 0 aliphatic rings. The van der Waals surface area contributed by atoms with E-state index >= 15 is 0 Å². The Hall–Kier alpha value is -2.99. The average molecular weight is 348 g/mol. The summed E-state index contributed by atoms with van der Waals surface area (Å²) in [7, 11) is 1.92. The smallest absolute Gasteiger partial charge is 0.275 e. The minimum atomic E-state index is -0.0796. The lowest BCUT2D eigenvalue weighted by molar-refractivity contribution is 0.966. The van der Waals surface area contributed by atoms with Crippen LogP contribution < -0.4 is 10.5 Å². The number of thiophene rings is 1. The average Bonchev–Trinajstić information content (AvgIpc) is 3.02. The minimum Gasteiger partial charge on any atom is -0.351 e. The Balaban J connectivity index is 2.03. The molecule has 0 spiro atoms. The molecule has 5 nitrogen and oxygen atoms in total. The monoisotopic (exact) mass is 348 g/mol. The van der Waals surface area contributed by atoms with E-state index in [4.69, 9.17) is 0 Å².